The van der Waals surface area contributed by atoms with E-state index >= 15 is 0 Å². The van der Waals surface area contributed by atoms with E-state index < -0.39 is 17.4 Å². The zero-order valence-corrected chi connectivity index (χ0v) is 17.1. The minimum absolute atomic E-state index is 0.102. The Morgan fingerprint density at radius 2 is 1.77 bits per heavy atom. The molecule has 0 saturated carbocycles. The average molecular weight is 432 g/mol. The molecule has 2 aromatic carbocycles. The Labute approximate surface area is 177 Å². The Morgan fingerprint density at radius 3 is 2.45 bits per heavy atom. The number of hydrogen-bond acceptors (Lipinski definition) is 5. The molecule has 0 radical (unpaired) electrons. The van der Waals surface area contributed by atoms with Crippen molar-refractivity contribution in [3.63, 3.8) is 0 Å². The molecule has 8 heteroatoms. The predicted molar refractivity (Wildman–Crippen MR) is 112 cm³/mol. The second-order valence-electron chi connectivity index (χ2n) is 7.73. The number of hydrogen-bond donors (Lipinski definition) is 1. The van der Waals surface area contributed by atoms with Crippen molar-refractivity contribution in [2.24, 2.45) is 0 Å². The molecule has 0 aliphatic carbocycles. The summed E-state index contributed by atoms with van der Waals surface area (Å²) in [6.07, 6.45) is -3.71. The Morgan fingerprint density at radius 1 is 1.03 bits per heavy atom. The fourth-order valence-corrected chi connectivity index (χ4v) is 4.01. The molecule has 0 amide bonds. The molecule has 5 nitrogen and oxygen atoms in total. The molecule has 0 unspecified atom stereocenters. The normalized spacial score (nSPS) is 15.5. The SMILES string of the molecule is CCc1cc2c(CN3CCN(c4cccc(C(F)(F)F)c4)CC3)cc(=O)oc2cc1O. The molecule has 1 fully saturated rings. The first-order chi connectivity index (χ1) is 14.7. The van der Waals surface area contributed by atoms with Gasteiger partial charge in [0.25, 0.3) is 0 Å². The molecule has 1 saturated heterocycles. The summed E-state index contributed by atoms with van der Waals surface area (Å²) in [4.78, 5) is 16.1. The van der Waals surface area contributed by atoms with Crippen LogP contribution >= 0.6 is 0 Å². The van der Waals surface area contributed by atoms with Gasteiger partial charge in [0.1, 0.15) is 11.3 Å². The summed E-state index contributed by atoms with van der Waals surface area (Å²) in [6.45, 7) is 4.93. The molecule has 1 aliphatic heterocycles. The first-order valence-corrected chi connectivity index (χ1v) is 10.2. The van der Waals surface area contributed by atoms with Gasteiger partial charge in [-0.05, 0) is 41.8 Å². The highest BCUT2D eigenvalue weighted by atomic mass is 19.4. The summed E-state index contributed by atoms with van der Waals surface area (Å²) in [7, 11) is 0. The smallest absolute Gasteiger partial charge is 0.416 e. The Bertz CT molecular complexity index is 1150. The van der Waals surface area contributed by atoms with Crippen molar-refractivity contribution < 1.29 is 22.7 Å². The number of phenolic OH excluding ortho intramolecular Hbond substituents is 1. The molecule has 1 aliphatic rings. The van der Waals surface area contributed by atoms with E-state index in [0.29, 0.717) is 50.4 Å². The zero-order valence-electron chi connectivity index (χ0n) is 17.1. The monoisotopic (exact) mass is 432 g/mol. The van der Waals surface area contributed by atoms with Crippen LogP contribution in [0.25, 0.3) is 11.0 Å². The van der Waals surface area contributed by atoms with Gasteiger partial charge in [0, 0.05) is 55.9 Å². The van der Waals surface area contributed by atoms with Crippen LogP contribution in [0.1, 0.15) is 23.6 Å². The van der Waals surface area contributed by atoms with Crippen molar-refractivity contribution in [2.45, 2.75) is 26.1 Å². The number of nitrogens with zero attached hydrogens (tertiary/aromatic N) is 2. The van der Waals surface area contributed by atoms with Gasteiger partial charge in [0.2, 0.25) is 0 Å². The van der Waals surface area contributed by atoms with Gasteiger partial charge < -0.3 is 14.4 Å². The van der Waals surface area contributed by atoms with E-state index in [1.807, 2.05) is 17.9 Å². The maximum absolute atomic E-state index is 13.0. The lowest BCUT2D eigenvalue weighted by Crippen LogP contribution is -2.46. The van der Waals surface area contributed by atoms with Crippen molar-refractivity contribution in [2.75, 3.05) is 31.1 Å². The zero-order chi connectivity index (χ0) is 22.2. The minimum Gasteiger partial charge on any atom is -0.508 e. The summed E-state index contributed by atoms with van der Waals surface area (Å²) < 4.78 is 44.3. The molecule has 4 rings (SSSR count). The van der Waals surface area contributed by atoms with E-state index in [4.69, 9.17) is 4.42 Å². The van der Waals surface area contributed by atoms with Crippen molar-refractivity contribution in [3.8, 4) is 5.75 Å². The predicted octanol–water partition coefficient (Wildman–Crippen LogP) is 4.40. The van der Waals surface area contributed by atoms with Crippen LogP contribution in [-0.4, -0.2) is 36.2 Å². The lowest BCUT2D eigenvalue weighted by molar-refractivity contribution is -0.137. The molecule has 31 heavy (non-hydrogen) atoms. The first-order valence-electron chi connectivity index (χ1n) is 10.2. The van der Waals surface area contributed by atoms with Crippen LogP contribution in [0.2, 0.25) is 0 Å². The van der Waals surface area contributed by atoms with Crippen molar-refractivity contribution in [1.29, 1.82) is 0 Å². The molecule has 0 bridgehead atoms. The molecule has 1 aromatic heterocycles. The molecule has 3 aromatic rings. The van der Waals surface area contributed by atoms with Crippen molar-refractivity contribution in [3.05, 3.63) is 69.6 Å². The Balaban J connectivity index is 1.51. The van der Waals surface area contributed by atoms with Crippen LogP contribution in [0, 0.1) is 0 Å². The van der Waals surface area contributed by atoms with E-state index in [0.717, 1.165) is 22.6 Å². The molecule has 0 spiro atoms. The highest BCUT2D eigenvalue weighted by Gasteiger charge is 2.31. The van der Waals surface area contributed by atoms with Gasteiger partial charge in [-0.3, -0.25) is 4.90 Å². The third-order valence-electron chi connectivity index (χ3n) is 5.72. The number of aromatic hydroxyl groups is 1. The topological polar surface area (TPSA) is 56.9 Å². The van der Waals surface area contributed by atoms with E-state index in [-0.39, 0.29) is 5.75 Å². The number of rotatable bonds is 4. The largest absolute Gasteiger partial charge is 0.508 e. The second kappa shape index (κ2) is 8.26. The third kappa shape index (κ3) is 4.54. The van der Waals surface area contributed by atoms with Gasteiger partial charge in [-0.2, -0.15) is 13.2 Å². The van der Waals surface area contributed by atoms with Crippen LogP contribution in [0.4, 0.5) is 18.9 Å². The van der Waals surface area contributed by atoms with Gasteiger partial charge >= 0.3 is 11.8 Å². The van der Waals surface area contributed by atoms with Gasteiger partial charge in [-0.15, -0.1) is 0 Å². The quantitative estimate of drug-likeness (QED) is 0.620. The third-order valence-corrected chi connectivity index (χ3v) is 5.72. The number of piperazine rings is 1. The van der Waals surface area contributed by atoms with E-state index in [2.05, 4.69) is 4.90 Å². The molecular weight excluding hydrogens is 409 g/mol. The average Bonchev–Trinajstić information content (AvgIpc) is 2.73. The maximum atomic E-state index is 13.0. The molecule has 1 N–H and O–H groups in total. The van der Waals surface area contributed by atoms with Gasteiger partial charge in [0.15, 0.2) is 0 Å². The summed E-state index contributed by atoms with van der Waals surface area (Å²) in [5.74, 6) is 0.102. The first kappa shape index (κ1) is 21.2. The lowest BCUT2D eigenvalue weighted by atomic mass is 10.0. The second-order valence-corrected chi connectivity index (χ2v) is 7.73. The molecule has 2 heterocycles. The highest BCUT2D eigenvalue weighted by Crippen LogP contribution is 2.32. The van der Waals surface area contributed by atoms with Gasteiger partial charge in [-0.1, -0.05) is 13.0 Å². The maximum Gasteiger partial charge on any atom is 0.416 e. The lowest BCUT2D eigenvalue weighted by Gasteiger charge is -2.36. The number of anilines is 1. The van der Waals surface area contributed by atoms with Crippen molar-refractivity contribution in [1.82, 2.24) is 4.90 Å². The van der Waals surface area contributed by atoms with Crippen LogP contribution in [0.5, 0.6) is 5.75 Å². The Hall–Kier alpha value is -3.00. The summed E-state index contributed by atoms with van der Waals surface area (Å²) in [5, 5.41) is 10.9. The molecule has 0 atom stereocenters. The number of halogens is 3. The minimum atomic E-state index is -4.36. The summed E-state index contributed by atoms with van der Waals surface area (Å²) in [5.41, 5.74) is 1.37. The number of phenols is 1. The van der Waals surface area contributed by atoms with Gasteiger partial charge in [0.05, 0.1) is 5.56 Å². The van der Waals surface area contributed by atoms with Crippen LogP contribution < -0.4 is 10.5 Å². The summed E-state index contributed by atoms with van der Waals surface area (Å²) >= 11 is 0. The van der Waals surface area contributed by atoms with E-state index in [1.165, 1.54) is 24.3 Å². The molecular formula is C23H23F3N2O3. The number of alkyl halides is 3. The number of benzene rings is 2. The van der Waals surface area contributed by atoms with Crippen LogP contribution in [0.15, 0.2) is 51.7 Å². The van der Waals surface area contributed by atoms with Crippen molar-refractivity contribution >= 4 is 16.7 Å². The molecule has 164 valence electrons. The van der Waals surface area contributed by atoms with Crippen LogP contribution in [-0.2, 0) is 19.1 Å². The van der Waals surface area contributed by atoms with Crippen LogP contribution in [0.3, 0.4) is 0 Å². The Kier molecular flexibility index (Phi) is 5.66. The van der Waals surface area contributed by atoms with E-state index in [1.54, 1.807) is 6.07 Å². The fourth-order valence-electron chi connectivity index (χ4n) is 4.01. The van der Waals surface area contributed by atoms with Gasteiger partial charge in [-0.25, -0.2) is 4.79 Å². The standard InChI is InChI=1S/C23H23F3N2O3/c1-2-15-10-19-16(11-22(30)31-21(19)13-20(15)29)14-27-6-8-28(9-7-27)18-5-3-4-17(12-18)23(24,25)26/h3-5,10-13,29H,2,6-9,14H2,1H3. The highest BCUT2D eigenvalue weighted by molar-refractivity contribution is 5.82. The number of fused-ring (bicyclic) bond motifs is 1. The fraction of sp³-hybridized carbons (Fsp3) is 0.348. The summed E-state index contributed by atoms with van der Waals surface area (Å²) in [6, 6.07) is 10.2. The number of aryl methyl sites for hydroxylation is 1. The van der Waals surface area contributed by atoms with E-state index in [9.17, 15) is 23.1 Å².